The van der Waals surface area contributed by atoms with Crippen molar-refractivity contribution in [2.75, 3.05) is 39.4 Å². The van der Waals surface area contributed by atoms with Gasteiger partial charge in [-0.3, -0.25) is 4.90 Å². The van der Waals surface area contributed by atoms with Crippen molar-refractivity contribution in [3.05, 3.63) is 0 Å². The predicted molar refractivity (Wildman–Crippen MR) is 54.3 cm³/mol. The van der Waals surface area contributed by atoms with E-state index in [0.717, 1.165) is 32.8 Å². The fraction of sp³-hybridized carbons (Fsp3) is 1.00. The Balaban J connectivity index is 1.83. The van der Waals surface area contributed by atoms with Gasteiger partial charge >= 0.3 is 0 Å². The van der Waals surface area contributed by atoms with Gasteiger partial charge in [0.15, 0.2) is 0 Å². The zero-order chi connectivity index (χ0) is 9.80. The highest BCUT2D eigenvalue weighted by Crippen LogP contribution is 2.14. The summed E-state index contributed by atoms with van der Waals surface area (Å²) in [7, 11) is 0. The Kier molecular flexibility index (Phi) is 3.75. The summed E-state index contributed by atoms with van der Waals surface area (Å²) in [6.07, 6.45) is 2.59. The van der Waals surface area contributed by atoms with Crippen LogP contribution >= 0.6 is 0 Å². The molecule has 2 atom stereocenters. The Morgan fingerprint density at radius 3 is 3.14 bits per heavy atom. The van der Waals surface area contributed by atoms with Gasteiger partial charge in [-0.05, 0) is 19.4 Å². The third-order valence-corrected chi connectivity index (χ3v) is 3.16. The standard InChI is InChI=1S/C10H20N2O2/c13-8-10-7-12(4-5-14-10)9-2-1-3-11-6-9/h9-11,13H,1-8H2. The van der Waals surface area contributed by atoms with Crippen LogP contribution in [-0.4, -0.2) is 61.5 Å². The molecule has 0 aromatic carbocycles. The van der Waals surface area contributed by atoms with Crippen LogP contribution in [-0.2, 0) is 4.74 Å². The monoisotopic (exact) mass is 200 g/mol. The highest BCUT2D eigenvalue weighted by Gasteiger charge is 2.26. The van der Waals surface area contributed by atoms with Gasteiger partial charge < -0.3 is 15.2 Å². The van der Waals surface area contributed by atoms with Gasteiger partial charge in [0.2, 0.25) is 0 Å². The van der Waals surface area contributed by atoms with Gasteiger partial charge in [0.05, 0.1) is 19.3 Å². The van der Waals surface area contributed by atoms with Gasteiger partial charge in [0, 0.05) is 25.7 Å². The van der Waals surface area contributed by atoms with Crippen LogP contribution in [0, 0.1) is 0 Å². The smallest absolute Gasteiger partial charge is 0.0932 e. The lowest BCUT2D eigenvalue weighted by molar-refractivity contribution is -0.0668. The van der Waals surface area contributed by atoms with Gasteiger partial charge in [-0.2, -0.15) is 0 Å². The van der Waals surface area contributed by atoms with Crippen molar-refractivity contribution in [3.8, 4) is 0 Å². The summed E-state index contributed by atoms with van der Waals surface area (Å²) >= 11 is 0. The number of morpholine rings is 1. The van der Waals surface area contributed by atoms with Crippen molar-refractivity contribution >= 4 is 0 Å². The molecule has 4 heteroatoms. The number of nitrogens with zero attached hydrogens (tertiary/aromatic N) is 1. The molecule has 0 radical (unpaired) electrons. The maximum absolute atomic E-state index is 9.04. The van der Waals surface area contributed by atoms with Crippen molar-refractivity contribution < 1.29 is 9.84 Å². The maximum Gasteiger partial charge on any atom is 0.0932 e. The van der Waals surface area contributed by atoms with E-state index in [1.165, 1.54) is 12.8 Å². The Morgan fingerprint density at radius 1 is 1.50 bits per heavy atom. The zero-order valence-electron chi connectivity index (χ0n) is 8.61. The van der Waals surface area contributed by atoms with E-state index in [4.69, 9.17) is 9.84 Å². The van der Waals surface area contributed by atoms with E-state index in [-0.39, 0.29) is 12.7 Å². The first kappa shape index (κ1) is 10.4. The second kappa shape index (κ2) is 5.07. The van der Waals surface area contributed by atoms with Crippen molar-refractivity contribution in [3.63, 3.8) is 0 Å². The molecule has 2 N–H and O–H groups in total. The normalized spacial score (nSPS) is 35.8. The third-order valence-electron chi connectivity index (χ3n) is 3.16. The fourth-order valence-electron chi connectivity index (χ4n) is 2.33. The van der Waals surface area contributed by atoms with Crippen LogP contribution in [0.4, 0.5) is 0 Å². The number of piperidine rings is 1. The van der Waals surface area contributed by atoms with E-state index in [0.29, 0.717) is 6.04 Å². The van der Waals surface area contributed by atoms with E-state index >= 15 is 0 Å². The van der Waals surface area contributed by atoms with Gasteiger partial charge in [0.25, 0.3) is 0 Å². The second-order valence-electron chi connectivity index (χ2n) is 4.17. The summed E-state index contributed by atoms with van der Waals surface area (Å²) in [4.78, 5) is 2.45. The lowest BCUT2D eigenvalue weighted by Crippen LogP contribution is -2.53. The molecule has 2 saturated heterocycles. The quantitative estimate of drug-likeness (QED) is 0.627. The number of hydrogen-bond acceptors (Lipinski definition) is 4. The Bertz CT molecular complexity index is 172. The van der Waals surface area contributed by atoms with Crippen LogP contribution in [0.3, 0.4) is 0 Å². The number of aliphatic hydroxyl groups excluding tert-OH is 1. The summed E-state index contributed by atoms with van der Waals surface area (Å²) in [5.74, 6) is 0. The van der Waals surface area contributed by atoms with Gasteiger partial charge in [-0.25, -0.2) is 0 Å². The Morgan fingerprint density at radius 2 is 2.43 bits per heavy atom. The van der Waals surface area contributed by atoms with Crippen molar-refractivity contribution in [2.45, 2.75) is 25.0 Å². The highest BCUT2D eigenvalue weighted by molar-refractivity contribution is 4.82. The molecule has 0 spiro atoms. The second-order valence-corrected chi connectivity index (χ2v) is 4.17. The molecule has 0 aliphatic carbocycles. The molecule has 2 aliphatic rings. The first-order chi connectivity index (χ1) is 6.90. The number of aliphatic hydroxyl groups is 1. The minimum Gasteiger partial charge on any atom is -0.394 e. The van der Waals surface area contributed by atoms with Gasteiger partial charge in [-0.15, -0.1) is 0 Å². The SMILES string of the molecule is OCC1CN(C2CCCNC2)CCO1. The molecular formula is C10H20N2O2. The molecule has 2 aliphatic heterocycles. The largest absolute Gasteiger partial charge is 0.394 e. The van der Waals surface area contributed by atoms with Crippen LogP contribution in [0.5, 0.6) is 0 Å². The van der Waals surface area contributed by atoms with E-state index in [1.54, 1.807) is 0 Å². The highest BCUT2D eigenvalue weighted by atomic mass is 16.5. The topological polar surface area (TPSA) is 44.7 Å². The molecule has 0 aromatic heterocycles. The molecule has 2 heterocycles. The van der Waals surface area contributed by atoms with E-state index in [2.05, 4.69) is 10.2 Å². The van der Waals surface area contributed by atoms with Gasteiger partial charge in [0.1, 0.15) is 0 Å². The van der Waals surface area contributed by atoms with Crippen LogP contribution in [0.1, 0.15) is 12.8 Å². The molecule has 2 unspecified atom stereocenters. The molecule has 2 rings (SSSR count). The molecule has 0 aromatic rings. The minimum atomic E-state index is 0.0330. The lowest BCUT2D eigenvalue weighted by Gasteiger charge is -2.39. The van der Waals surface area contributed by atoms with Crippen LogP contribution in [0.15, 0.2) is 0 Å². The maximum atomic E-state index is 9.04. The van der Waals surface area contributed by atoms with E-state index in [9.17, 15) is 0 Å². The molecule has 4 nitrogen and oxygen atoms in total. The minimum absolute atomic E-state index is 0.0330. The average Bonchev–Trinajstić information content (AvgIpc) is 2.30. The molecule has 14 heavy (non-hydrogen) atoms. The van der Waals surface area contributed by atoms with Crippen molar-refractivity contribution in [1.82, 2.24) is 10.2 Å². The summed E-state index contributed by atoms with van der Waals surface area (Å²) < 4.78 is 5.44. The van der Waals surface area contributed by atoms with Crippen LogP contribution < -0.4 is 5.32 Å². The van der Waals surface area contributed by atoms with Crippen LogP contribution in [0.2, 0.25) is 0 Å². The summed E-state index contributed by atoms with van der Waals surface area (Å²) in [5, 5.41) is 12.5. The van der Waals surface area contributed by atoms with E-state index in [1.807, 2.05) is 0 Å². The molecule has 82 valence electrons. The third kappa shape index (κ3) is 2.45. The van der Waals surface area contributed by atoms with E-state index < -0.39 is 0 Å². The van der Waals surface area contributed by atoms with Crippen LogP contribution in [0.25, 0.3) is 0 Å². The molecule has 0 amide bonds. The Labute approximate surface area is 85.2 Å². The van der Waals surface area contributed by atoms with Crippen molar-refractivity contribution in [1.29, 1.82) is 0 Å². The molecule has 2 fully saturated rings. The van der Waals surface area contributed by atoms with Gasteiger partial charge in [-0.1, -0.05) is 0 Å². The number of hydrogen-bond donors (Lipinski definition) is 2. The lowest BCUT2D eigenvalue weighted by atomic mass is 10.0. The molecule has 0 saturated carbocycles. The number of nitrogens with one attached hydrogen (secondary N) is 1. The molecule has 0 bridgehead atoms. The number of ether oxygens (including phenoxy) is 1. The first-order valence-corrected chi connectivity index (χ1v) is 5.57. The zero-order valence-corrected chi connectivity index (χ0v) is 8.61. The number of rotatable bonds is 2. The predicted octanol–water partition coefficient (Wildman–Crippen LogP) is -0.568. The fourth-order valence-corrected chi connectivity index (χ4v) is 2.33. The first-order valence-electron chi connectivity index (χ1n) is 5.57. The molecular weight excluding hydrogens is 180 g/mol. The summed E-state index contributed by atoms with van der Waals surface area (Å²) in [6, 6.07) is 0.654. The Hall–Kier alpha value is -0.160. The summed E-state index contributed by atoms with van der Waals surface area (Å²) in [5.41, 5.74) is 0. The van der Waals surface area contributed by atoms with Crippen molar-refractivity contribution in [2.24, 2.45) is 0 Å². The average molecular weight is 200 g/mol. The summed E-state index contributed by atoms with van der Waals surface area (Å²) in [6.45, 7) is 5.08.